The van der Waals surface area contributed by atoms with E-state index in [2.05, 4.69) is 10.1 Å². The number of hydrogen-bond acceptors (Lipinski definition) is 5. The molecule has 3 heterocycles. The lowest BCUT2D eigenvalue weighted by Crippen LogP contribution is -2.22. The number of sulfone groups is 1. The van der Waals surface area contributed by atoms with Crippen LogP contribution in [0.15, 0.2) is 18.2 Å². The van der Waals surface area contributed by atoms with Gasteiger partial charge in [0.05, 0.1) is 11.5 Å². The van der Waals surface area contributed by atoms with Crippen molar-refractivity contribution in [3.05, 3.63) is 29.7 Å². The molecule has 1 aliphatic rings. The number of pyridine rings is 1. The van der Waals surface area contributed by atoms with Crippen LogP contribution in [-0.4, -0.2) is 40.8 Å². The fraction of sp³-hybridized carbons (Fsp3) is 0.417. The number of carbonyl (C=O) groups is 1. The molecule has 2 aromatic rings. The molecular weight excluding hydrogens is 266 g/mol. The zero-order chi connectivity index (χ0) is 13.5. The highest BCUT2D eigenvalue weighted by atomic mass is 32.2. The van der Waals surface area contributed by atoms with Crippen LogP contribution in [0.1, 0.15) is 35.1 Å². The highest BCUT2D eigenvalue weighted by Crippen LogP contribution is 2.27. The van der Waals surface area contributed by atoms with E-state index in [1.54, 1.807) is 18.2 Å². The molecule has 1 aliphatic heterocycles. The Morgan fingerprint density at radius 2 is 2.00 bits per heavy atom. The molecule has 2 aromatic heterocycles. The summed E-state index contributed by atoms with van der Waals surface area (Å²) in [5, 5.41) is 4.33. The standard InChI is InChI=1S/C12H13N3O3S/c16-8-10-2-1-3-11-13-12(14-15(10)11)9-4-6-19(17,18)7-5-9/h1-3,8-9H,4-7H2. The molecule has 1 fully saturated rings. The van der Waals surface area contributed by atoms with Gasteiger partial charge in [-0.1, -0.05) is 6.07 Å². The van der Waals surface area contributed by atoms with Crippen molar-refractivity contribution in [2.24, 2.45) is 0 Å². The molecular formula is C12H13N3O3S. The molecule has 0 N–H and O–H groups in total. The Bertz CT molecular complexity index is 722. The van der Waals surface area contributed by atoms with Crippen LogP contribution in [0.2, 0.25) is 0 Å². The van der Waals surface area contributed by atoms with Crippen molar-refractivity contribution in [1.82, 2.24) is 14.6 Å². The molecule has 1 saturated heterocycles. The zero-order valence-corrected chi connectivity index (χ0v) is 11.0. The van der Waals surface area contributed by atoms with Crippen molar-refractivity contribution in [3.63, 3.8) is 0 Å². The summed E-state index contributed by atoms with van der Waals surface area (Å²) in [5.41, 5.74) is 1.06. The minimum Gasteiger partial charge on any atom is -0.296 e. The van der Waals surface area contributed by atoms with Crippen LogP contribution in [-0.2, 0) is 9.84 Å². The molecule has 19 heavy (non-hydrogen) atoms. The molecule has 0 saturated carbocycles. The summed E-state index contributed by atoms with van der Waals surface area (Å²) >= 11 is 0. The Morgan fingerprint density at radius 3 is 2.68 bits per heavy atom. The zero-order valence-electron chi connectivity index (χ0n) is 10.2. The lowest BCUT2D eigenvalue weighted by atomic mass is 10.0. The number of rotatable bonds is 2. The first-order valence-corrected chi connectivity index (χ1v) is 7.92. The topological polar surface area (TPSA) is 81.4 Å². The molecule has 3 rings (SSSR count). The van der Waals surface area contributed by atoms with Gasteiger partial charge in [-0.3, -0.25) is 4.79 Å². The summed E-state index contributed by atoms with van der Waals surface area (Å²) in [4.78, 5) is 15.3. The molecule has 0 unspecified atom stereocenters. The van der Waals surface area contributed by atoms with Crippen molar-refractivity contribution < 1.29 is 13.2 Å². The number of nitrogens with zero attached hydrogens (tertiary/aromatic N) is 3. The molecule has 0 aliphatic carbocycles. The first-order chi connectivity index (χ1) is 9.09. The Kier molecular flexibility index (Phi) is 2.85. The van der Waals surface area contributed by atoms with E-state index in [1.807, 2.05) is 0 Å². The summed E-state index contributed by atoms with van der Waals surface area (Å²) in [6.07, 6.45) is 1.84. The average molecular weight is 279 g/mol. The molecule has 0 radical (unpaired) electrons. The summed E-state index contributed by atoms with van der Waals surface area (Å²) < 4.78 is 24.3. The Labute approximate surface area is 110 Å². The van der Waals surface area contributed by atoms with E-state index in [1.165, 1.54) is 4.52 Å². The number of hydrogen-bond donors (Lipinski definition) is 0. The number of fused-ring (bicyclic) bond motifs is 1. The van der Waals surface area contributed by atoms with Crippen molar-refractivity contribution in [2.75, 3.05) is 11.5 Å². The third kappa shape index (κ3) is 2.25. The molecule has 0 amide bonds. The quantitative estimate of drug-likeness (QED) is 0.761. The fourth-order valence-electron chi connectivity index (χ4n) is 2.35. The second-order valence-electron chi connectivity index (χ2n) is 4.73. The highest BCUT2D eigenvalue weighted by molar-refractivity contribution is 7.91. The summed E-state index contributed by atoms with van der Waals surface area (Å²) in [7, 11) is -2.89. The van der Waals surface area contributed by atoms with Crippen LogP contribution in [0, 0.1) is 0 Å². The van der Waals surface area contributed by atoms with Crippen molar-refractivity contribution >= 4 is 21.8 Å². The van der Waals surface area contributed by atoms with Gasteiger partial charge >= 0.3 is 0 Å². The Balaban J connectivity index is 1.96. The minimum absolute atomic E-state index is 0.0583. The van der Waals surface area contributed by atoms with Gasteiger partial charge in [0.25, 0.3) is 0 Å². The maximum atomic E-state index is 11.4. The summed E-state index contributed by atoms with van der Waals surface area (Å²) in [6.45, 7) is 0. The molecule has 0 atom stereocenters. The predicted molar refractivity (Wildman–Crippen MR) is 69.0 cm³/mol. The number of aromatic nitrogens is 3. The van der Waals surface area contributed by atoms with E-state index in [-0.39, 0.29) is 17.4 Å². The van der Waals surface area contributed by atoms with Gasteiger partial charge in [0, 0.05) is 5.92 Å². The van der Waals surface area contributed by atoms with Gasteiger partial charge in [0.1, 0.15) is 15.5 Å². The SMILES string of the molecule is O=Cc1cccc2nc(C3CCS(=O)(=O)CC3)nn12. The van der Waals surface area contributed by atoms with Gasteiger partial charge in [0.15, 0.2) is 17.8 Å². The van der Waals surface area contributed by atoms with Crippen LogP contribution >= 0.6 is 0 Å². The monoisotopic (exact) mass is 279 g/mol. The van der Waals surface area contributed by atoms with Crippen molar-refractivity contribution in [1.29, 1.82) is 0 Å². The third-order valence-corrected chi connectivity index (χ3v) is 5.16. The Hall–Kier alpha value is -1.76. The van der Waals surface area contributed by atoms with E-state index >= 15 is 0 Å². The molecule has 7 heteroatoms. The van der Waals surface area contributed by atoms with Gasteiger partial charge < -0.3 is 0 Å². The summed E-state index contributed by atoms with van der Waals surface area (Å²) in [6, 6.07) is 5.20. The molecule has 0 bridgehead atoms. The summed E-state index contributed by atoms with van der Waals surface area (Å²) in [5.74, 6) is 1.06. The smallest absolute Gasteiger partial charge is 0.168 e. The number of aldehydes is 1. The van der Waals surface area contributed by atoms with E-state index in [9.17, 15) is 13.2 Å². The first kappa shape index (κ1) is 12.3. The second-order valence-corrected chi connectivity index (χ2v) is 7.04. The minimum atomic E-state index is -2.89. The van der Waals surface area contributed by atoms with Gasteiger partial charge in [-0.05, 0) is 25.0 Å². The number of carbonyl (C=O) groups excluding carboxylic acids is 1. The lowest BCUT2D eigenvalue weighted by molar-refractivity contribution is 0.111. The van der Waals surface area contributed by atoms with Gasteiger partial charge in [-0.2, -0.15) is 5.10 Å². The fourth-order valence-corrected chi connectivity index (χ4v) is 3.84. The van der Waals surface area contributed by atoms with E-state index < -0.39 is 9.84 Å². The normalized spacial score (nSPS) is 19.6. The van der Waals surface area contributed by atoms with E-state index in [0.717, 1.165) is 6.29 Å². The van der Waals surface area contributed by atoms with Gasteiger partial charge in [-0.15, -0.1) is 0 Å². The predicted octanol–water partition coefficient (Wildman–Crippen LogP) is 0.834. The third-order valence-electron chi connectivity index (χ3n) is 3.45. The molecule has 0 spiro atoms. The molecule has 6 nitrogen and oxygen atoms in total. The lowest BCUT2D eigenvalue weighted by Gasteiger charge is -2.18. The first-order valence-electron chi connectivity index (χ1n) is 6.10. The van der Waals surface area contributed by atoms with Crippen LogP contribution in [0.4, 0.5) is 0 Å². The van der Waals surface area contributed by atoms with E-state index in [4.69, 9.17) is 0 Å². The van der Waals surface area contributed by atoms with Crippen LogP contribution in [0.25, 0.3) is 5.65 Å². The molecule has 100 valence electrons. The Morgan fingerprint density at radius 1 is 1.26 bits per heavy atom. The maximum Gasteiger partial charge on any atom is 0.168 e. The van der Waals surface area contributed by atoms with Crippen LogP contribution in [0.5, 0.6) is 0 Å². The van der Waals surface area contributed by atoms with Crippen molar-refractivity contribution in [3.8, 4) is 0 Å². The van der Waals surface area contributed by atoms with Crippen LogP contribution < -0.4 is 0 Å². The van der Waals surface area contributed by atoms with Gasteiger partial charge in [-0.25, -0.2) is 17.9 Å². The van der Waals surface area contributed by atoms with Gasteiger partial charge in [0.2, 0.25) is 0 Å². The van der Waals surface area contributed by atoms with Crippen LogP contribution in [0.3, 0.4) is 0 Å². The maximum absolute atomic E-state index is 11.4. The second kappa shape index (κ2) is 4.41. The van der Waals surface area contributed by atoms with Crippen molar-refractivity contribution in [2.45, 2.75) is 18.8 Å². The van der Waals surface area contributed by atoms with E-state index in [0.29, 0.717) is 30.0 Å². The largest absolute Gasteiger partial charge is 0.296 e. The average Bonchev–Trinajstić information content (AvgIpc) is 2.82. The highest BCUT2D eigenvalue weighted by Gasteiger charge is 2.27. The molecule has 0 aromatic carbocycles.